The van der Waals surface area contributed by atoms with Crippen LogP contribution in [-0.2, 0) is 23.9 Å². The molecular weight excluding hydrogens is 232 g/mol. The summed E-state index contributed by atoms with van der Waals surface area (Å²) in [5.74, 6) is -8.03. The quantitative estimate of drug-likeness (QED) is 0.494. The minimum Gasteiger partial charge on any atom is -0.481 e. The summed E-state index contributed by atoms with van der Waals surface area (Å²) >= 11 is 0. The van der Waals surface area contributed by atoms with Crippen molar-refractivity contribution >= 4 is 23.9 Å². The molecule has 4 unspecified atom stereocenters. The zero-order valence-corrected chi connectivity index (χ0v) is 8.66. The maximum atomic E-state index is 11.4. The Morgan fingerprint density at radius 1 is 1.18 bits per heavy atom. The molecule has 2 N–H and O–H groups in total. The van der Waals surface area contributed by atoms with Gasteiger partial charge in [-0.05, 0) is 12.3 Å². The number of aliphatic carboxylic acids is 2. The van der Waals surface area contributed by atoms with Crippen LogP contribution in [0.4, 0.5) is 0 Å². The summed E-state index contributed by atoms with van der Waals surface area (Å²) in [6.07, 6.45) is -0.291. The Balaban J connectivity index is 2.33. The zero-order chi connectivity index (χ0) is 12.7. The van der Waals surface area contributed by atoms with E-state index in [1.165, 1.54) is 0 Å². The van der Waals surface area contributed by atoms with Gasteiger partial charge in [-0.25, -0.2) is 0 Å². The largest absolute Gasteiger partial charge is 0.481 e. The van der Waals surface area contributed by atoms with E-state index in [2.05, 4.69) is 4.74 Å². The summed E-state index contributed by atoms with van der Waals surface area (Å²) in [5, 5.41) is 17.9. The van der Waals surface area contributed by atoms with Crippen molar-refractivity contribution in [3.8, 4) is 0 Å². The first-order chi connectivity index (χ1) is 7.91. The van der Waals surface area contributed by atoms with Gasteiger partial charge >= 0.3 is 23.9 Å². The SMILES string of the molecule is O=C1CC2C(CC(C(=O)O)C2C(=O)O)C(=O)O1. The Morgan fingerprint density at radius 2 is 1.82 bits per heavy atom. The van der Waals surface area contributed by atoms with Gasteiger partial charge in [0.15, 0.2) is 0 Å². The third-order valence-corrected chi connectivity index (χ3v) is 3.44. The lowest BCUT2D eigenvalue weighted by Gasteiger charge is -2.24. The molecule has 1 heterocycles. The lowest BCUT2D eigenvalue weighted by Crippen LogP contribution is -2.37. The molecule has 92 valence electrons. The van der Waals surface area contributed by atoms with Gasteiger partial charge in [0.25, 0.3) is 0 Å². The van der Waals surface area contributed by atoms with E-state index in [0.717, 1.165) is 0 Å². The molecule has 1 aliphatic heterocycles. The highest BCUT2D eigenvalue weighted by atomic mass is 16.6. The van der Waals surface area contributed by atoms with Crippen LogP contribution in [-0.4, -0.2) is 34.1 Å². The van der Waals surface area contributed by atoms with Crippen molar-refractivity contribution in [1.29, 1.82) is 0 Å². The van der Waals surface area contributed by atoms with Crippen molar-refractivity contribution < 1.29 is 34.1 Å². The fourth-order valence-corrected chi connectivity index (χ4v) is 2.72. The number of hydrogen-bond donors (Lipinski definition) is 2. The van der Waals surface area contributed by atoms with Crippen LogP contribution in [0.25, 0.3) is 0 Å². The Kier molecular flexibility index (Phi) is 2.60. The Hall–Kier alpha value is -1.92. The lowest BCUT2D eigenvalue weighted by molar-refractivity contribution is -0.171. The van der Waals surface area contributed by atoms with Crippen molar-refractivity contribution in [2.45, 2.75) is 12.8 Å². The molecule has 0 aromatic rings. The minimum absolute atomic E-state index is 0.0803. The number of ether oxygens (including phenoxy) is 1. The van der Waals surface area contributed by atoms with Crippen molar-refractivity contribution in [3.63, 3.8) is 0 Å². The molecule has 0 aromatic heterocycles. The molecule has 0 bridgehead atoms. The van der Waals surface area contributed by atoms with Gasteiger partial charge in [-0.2, -0.15) is 0 Å². The monoisotopic (exact) mass is 242 g/mol. The molecule has 1 saturated carbocycles. The van der Waals surface area contributed by atoms with E-state index < -0.39 is 47.5 Å². The molecule has 2 aliphatic rings. The van der Waals surface area contributed by atoms with Crippen LogP contribution >= 0.6 is 0 Å². The van der Waals surface area contributed by atoms with E-state index in [1.807, 2.05) is 0 Å². The number of hydrogen-bond acceptors (Lipinski definition) is 5. The first-order valence-corrected chi connectivity index (χ1v) is 5.12. The zero-order valence-electron chi connectivity index (χ0n) is 8.66. The number of rotatable bonds is 2. The highest BCUT2D eigenvalue weighted by molar-refractivity contribution is 5.93. The number of carboxylic acids is 2. The smallest absolute Gasteiger partial charge is 0.316 e. The Morgan fingerprint density at radius 3 is 2.35 bits per heavy atom. The second-order valence-electron chi connectivity index (χ2n) is 4.31. The summed E-state index contributed by atoms with van der Waals surface area (Å²) in [4.78, 5) is 44.5. The highest BCUT2D eigenvalue weighted by Gasteiger charge is 2.56. The highest BCUT2D eigenvalue weighted by Crippen LogP contribution is 2.46. The molecule has 7 heteroatoms. The third-order valence-electron chi connectivity index (χ3n) is 3.44. The fraction of sp³-hybridized carbons (Fsp3) is 0.600. The van der Waals surface area contributed by atoms with Gasteiger partial charge < -0.3 is 14.9 Å². The molecule has 0 radical (unpaired) electrons. The number of fused-ring (bicyclic) bond motifs is 1. The Labute approximate surface area is 95.4 Å². The summed E-state index contributed by atoms with van der Waals surface area (Å²) in [5.41, 5.74) is 0. The first-order valence-electron chi connectivity index (χ1n) is 5.12. The molecule has 7 nitrogen and oxygen atoms in total. The minimum atomic E-state index is -1.28. The molecule has 0 amide bonds. The standard InChI is InChI=1S/C10H10O7/c11-6-2-3-4(10(16)17-6)1-5(8(12)13)7(3)9(14)15/h3-5,7H,1-2H2,(H,12,13)(H,14,15). The van der Waals surface area contributed by atoms with E-state index in [-0.39, 0.29) is 12.8 Å². The van der Waals surface area contributed by atoms with Crippen molar-refractivity contribution in [2.75, 3.05) is 0 Å². The van der Waals surface area contributed by atoms with Gasteiger partial charge in [-0.3, -0.25) is 19.2 Å². The van der Waals surface area contributed by atoms with Crippen molar-refractivity contribution in [2.24, 2.45) is 23.7 Å². The van der Waals surface area contributed by atoms with Crippen LogP contribution < -0.4 is 0 Å². The first kappa shape index (κ1) is 11.6. The molecule has 2 rings (SSSR count). The molecule has 1 aliphatic carbocycles. The van der Waals surface area contributed by atoms with Gasteiger partial charge in [-0.1, -0.05) is 0 Å². The second kappa shape index (κ2) is 3.83. The number of esters is 2. The van der Waals surface area contributed by atoms with E-state index >= 15 is 0 Å². The number of cyclic esters (lactones) is 2. The van der Waals surface area contributed by atoms with Crippen LogP contribution in [0.1, 0.15) is 12.8 Å². The fourth-order valence-electron chi connectivity index (χ4n) is 2.72. The molecule has 1 saturated heterocycles. The van der Waals surface area contributed by atoms with Gasteiger partial charge in [-0.15, -0.1) is 0 Å². The van der Waals surface area contributed by atoms with E-state index in [9.17, 15) is 19.2 Å². The van der Waals surface area contributed by atoms with Crippen LogP contribution in [0.3, 0.4) is 0 Å². The Bertz CT molecular complexity index is 413. The van der Waals surface area contributed by atoms with Crippen LogP contribution in [0, 0.1) is 23.7 Å². The van der Waals surface area contributed by atoms with Gasteiger partial charge in [0, 0.05) is 0 Å². The molecular formula is C10H10O7. The summed E-state index contributed by atoms with van der Waals surface area (Å²) < 4.78 is 4.39. The van der Waals surface area contributed by atoms with Gasteiger partial charge in [0.1, 0.15) is 0 Å². The second-order valence-corrected chi connectivity index (χ2v) is 4.31. The average molecular weight is 242 g/mol. The molecule has 0 spiro atoms. The lowest BCUT2D eigenvalue weighted by atomic mass is 9.83. The predicted octanol–water partition coefficient (Wildman–Crippen LogP) is -0.502. The summed E-state index contributed by atoms with van der Waals surface area (Å²) in [6, 6.07) is 0. The third kappa shape index (κ3) is 1.77. The summed E-state index contributed by atoms with van der Waals surface area (Å²) in [6.45, 7) is 0. The van der Waals surface area contributed by atoms with Crippen LogP contribution in [0.15, 0.2) is 0 Å². The van der Waals surface area contributed by atoms with Crippen molar-refractivity contribution in [1.82, 2.24) is 0 Å². The van der Waals surface area contributed by atoms with Crippen molar-refractivity contribution in [3.05, 3.63) is 0 Å². The number of carbonyl (C=O) groups is 4. The van der Waals surface area contributed by atoms with Crippen LogP contribution in [0.5, 0.6) is 0 Å². The summed E-state index contributed by atoms with van der Waals surface area (Å²) in [7, 11) is 0. The van der Waals surface area contributed by atoms with Gasteiger partial charge in [0.2, 0.25) is 0 Å². The van der Waals surface area contributed by atoms with E-state index in [4.69, 9.17) is 10.2 Å². The topological polar surface area (TPSA) is 118 Å². The number of carbonyl (C=O) groups excluding carboxylic acids is 2. The predicted molar refractivity (Wildman–Crippen MR) is 49.6 cm³/mol. The van der Waals surface area contributed by atoms with E-state index in [0.29, 0.717) is 0 Å². The number of carboxylic acid groups (broad SMARTS) is 2. The maximum Gasteiger partial charge on any atom is 0.316 e. The van der Waals surface area contributed by atoms with Gasteiger partial charge in [0.05, 0.1) is 24.2 Å². The molecule has 2 fully saturated rings. The average Bonchev–Trinajstić information content (AvgIpc) is 2.56. The van der Waals surface area contributed by atoms with E-state index in [1.54, 1.807) is 0 Å². The molecule has 0 aromatic carbocycles. The van der Waals surface area contributed by atoms with Crippen LogP contribution in [0.2, 0.25) is 0 Å². The normalized spacial score (nSPS) is 36.2. The molecule has 17 heavy (non-hydrogen) atoms. The maximum absolute atomic E-state index is 11.4. The molecule has 4 atom stereocenters.